The first-order chi connectivity index (χ1) is 15.6. The molecule has 0 saturated carbocycles. The second kappa shape index (κ2) is 10.2. The Morgan fingerprint density at radius 1 is 1.03 bits per heavy atom. The Bertz CT molecular complexity index is 1130. The van der Waals surface area contributed by atoms with E-state index in [0.717, 1.165) is 16.8 Å². The van der Waals surface area contributed by atoms with E-state index < -0.39 is 11.9 Å². The van der Waals surface area contributed by atoms with Crippen LogP contribution in [-0.4, -0.2) is 38.5 Å². The van der Waals surface area contributed by atoms with Crippen LogP contribution in [0.25, 0.3) is 17.1 Å². The SMILES string of the molecule is Cc1ccccc1-n1c(SCC(=O)NC(=O)NC(C)C)nnc1-c1ccc(C(C)(C)C)cc1. The zero-order valence-corrected chi connectivity index (χ0v) is 20.8. The zero-order chi connectivity index (χ0) is 24.2. The maximum absolute atomic E-state index is 12.3. The van der Waals surface area contributed by atoms with Crippen LogP contribution in [-0.2, 0) is 10.2 Å². The summed E-state index contributed by atoms with van der Waals surface area (Å²) >= 11 is 1.24. The van der Waals surface area contributed by atoms with Gasteiger partial charge in [0.15, 0.2) is 11.0 Å². The minimum atomic E-state index is -0.504. The van der Waals surface area contributed by atoms with Gasteiger partial charge in [0, 0.05) is 11.6 Å². The van der Waals surface area contributed by atoms with Gasteiger partial charge in [0.05, 0.1) is 11.4 Å². The number of carbonyl (C=O) groups excluding carboxylic acids is 2. The van der Waals surface area contributed by atoms with Crippen molar-refractivity contribution in [1.82, 2.24) is 25.4 Å². The lowest BCUT2D eigenvalue weighted by atomic mass is 9.87. The molecule has 0 radical (unpaired) electrons. The number of imide groups is 1. The molecule has 0 bridgehead atoms. The second-order valence-corrected chi connectivity index (χ2v) is 10.2. The summed E-state index contributed by atoms with van der Waals surface area (Å²) in [6.45, 7) is 12.2. The van der Waals surface area contributed by atoms with E-state index in [-0.39, 0.29) is 17.2 Å². The molecule has 2 N–H and O–H groups in total. The van der Waals surface area contributed by atoms with Crippen molar-refractivity contribution in [2.45, 2.75) is 58.2 Å². The monoisotopic (exact) mass is 465 g/mol. The van der Waals surface area contributed by atoms with Crippen molar-refractivity contribution >= 4 is 23.7 Å². The van der Waals surface area contributed by atoms with Gasteiger partial charge < -0.3 is 5.32 Å². The summed E-state index contributed by atoms with van der Waals surface area (Å²) in [7, 11) is 0. The number of urea groups is 1. The van der Waals surface area contributed by atoms with E-state index in [1.54, 1.807) is 0 Å². The molecule has 33 heavy (non-hydrogen) atoms. The molecule has 0 fully saturated rings. The maximum atomic E-state index is 12.3. The standard InChI is InChI=1S/C25H31N5O2S/c1-16(2)26-23(32)27-21(31)15-33-24-29-28-22(30(24)20-10-8-7-9-17(20)3)18-11-13-19(14-12-18)25(4,5)6/h7-14,16H,15H2,1-6H3,(H2,26,27,31,32). The molecule has 3 rings (SSSR count). The van der Waals surface area contributed by atoms with Crippen LogP contribution >= 0.6 is 11.8 Å². The van der Waals surface area contributed by atoms with Crippen LogP contribution in [0.4, 0.5) is 4.79 Å². The molecule has 174 valence electrons. The van der Waals surface area contributed by atoms with E-state index in [1.807, 2.05) is 49.6 Å². The highest BCUT2D eigenvalue weighted by atomic mass is 32.2. The predicted octanol–water partition coefficient (Wildman–Crippen LogP) is 4.87. The van der Waals surface area contributed by atoms with Crippen LogP contribution in [0, 0.1) is 6.92 Å². The molecule has 0 atom stereocenters. The topological polar surface area (TPSA) is 88.9 Å². The molecule has 3 amide bonds. The number of hydrogen-bond donors (Lipinski definition) is 2. The number of nitrogens with zero attached hydrogens (tertiary/aromatic N) is 3. The van der Waals surface area contributed by atoms with E-state index >= 15 is 0 Å². The molecule has 1 aromatic heterocycles. The molecule has 0 aliphatic rings. The van der Waals surface area contributed by atoms with Crippen LogP contribution in [0.2, 0.25) is 0 Å². The summed E-state index contributed by atoms with van der Waals surface area (Å²) in [4.78, 5) is 24.1. The quantitative estimate of drug-likeness (QED) is 0.507. The highest BCUT2D eigenvalue weighted by Gasteiger charge is 2.20. The summed E-state index contributed by atoms with van der Waals surface area (Å²) in [6.07, 6.45) is 0. The molecule has 1 heterocycles. The zero-order valence-electron chi connectivity index (χ0n) is 20.0. The Kier molecular flexibility index (Phi) is 7.58. The normalized spacial score (nSPS) is 11.5. The molecule has 0 aliphatic heterocycles. The molecule has 2 aromatic carbocycles. The number of aryl methyl sites for hydroxylation is 1. The third kappa shape index (κ3) is 6.22. The van der Waals surface area contributed by atoms with Gasteiger partial charge in [-0.15, -0.1) is 10.2 Å². The summed E-state index contributed by atoms with van der Waals surface area (Å²) in [5.41, 5.74) is 4.23. The van der Waals surface area contributed by atoms with Gasteiger partial charge in [0.25, 0.3) is 0 Å². The number of benzene rings is 2. The predicted molar refractivity (Wildman–Crippen MR) is 133 cm³/mol. The molecule has 7 nitrogen and oxygen atoms in total. The van der Waals surface area contributed by atoms with E-state index in [9.17, 15) is 9.59 Å². The number of nitrogens with one attached hydrogen (secondary N) is 2. The van der Waals surface area contributed by atoms with Gasteiger partial charge in [-0.3, -0.25) is 14.7 Å². The van der Waals surface area contributed by atoms with Crippen LogP contribution in [0.3, 0.4) is 0 Å². The molecule has 0 aliphatic carbocycles. The number of amides is 3. The summed E-state index contributed by atoms with van der Waals surface area (Å²) < 4.78 is 1.97. The minimum absolute atomic E-state index is 0.0402. The summed E-state index contributed by atoms with van der Waals surface area (Å²) in [5, 5.41) is 14.4. The lowest BCUT2D eigenvalue weighted by molar-refractivity contribution is -0.117. The van der Waals surface area contributed by atoms with Crippen molar-refractivity contribution in [3.05, 3.63) is 59.7 Å². The maximum Gasteiger partial charge on any atom is 0.321 e. The van der Waals surface area contributed by atoms with Gasteiger partial charge in [-0.25, -0.2) is 4.79 Å². The van der Waals surface area contributed by atoms with E-state index in [1.165, 1.54) is 17.3 Å². The smallest absolute Gasteiger partial charge is 0.321 e. The third-order valence-electron chi connectivity index (χ3n) is 5.00. The summed E-state index contributed by atoms with van der Waals surface area (Å²) in [6, 6.07) is 15.7. The van der Waals surface area contributed by atoms with E-state index in [0.29, 0.717) is 11.0 Å². The Balaban J connectivity index is 1.91. The summed E-state index contributed by atoms with van der Waals surface area (Å²) in [5.74, 6) is 0.345. The number of thioether (sulfide) groups is 1. The lowest BCUT2D eigenvalue weighted by Crippen LogP contribution is -2.43. The van der Waals surface area contributed by atoms with Gasteiger partial charge in [0.2, 0.25) is 5.91 Å². The average molecular weight is 466 g/mol. The molecular weight excluding hydrogens is 434 g/mol. The lowest BCUT2D eigenvalue weighted by Gasteiger charge is -2.19. The van der Waals surface area contributed by atoms with Crippen LogP contribution < -0.4 is 10.6 Å². The van der Waals surface area contributed by atoms with Crippen molar-refractivity contribution in [3.8, 4) is 17.1 Å². The Labute approximate surface area is 199 Å². The second-order valence-electron chi connectivity index (χ2n) is 9.22. The van der Waals surface area contributed by atoms with Gasteiger partial charge in [0.1, 0.15) is 0 Å². The fourth-order valence-corrected chi connectivity index (χ4v) is 4.04. The highest BCUT2D eigenvalue weighted by molar-refractivity contribution is 7.99. The van der Waals surface area contributed by atoms with Gasteiger partial charge >= 0.3 is 6.03 Å². The number of para-hydroxylation sites is 1. The van der Waals surface area contributed by atoms with Crippen LogP contribution in [0.5, 0.6) is 0 Å². The van der Waals surface area contributed by atoms with Gasteiger partial charge in [-0.05, 0) is 43.4 Å². The number of aromatic nitrogens is 3. The molecule has 0 unspecified atom stereocenters. The van der Waals surface area contributed by atoms with Crippen molar-refractivity contribution in [2.75, 3.05) is 5.75 Å². The van der Waals surface area contributed by atoms with Gasteiger partial charge in [-0.2, -0.15) is 0 Å². The first-order valence-electron chi connectivity index (χ1n) is 10.9. The van der Waals surface area contributed by atoms with Crippen LogP contribution in [0.1, 0.15) is 45.7 Å². The molecule has 0 spiro atoms. The van der Waals surface area contributed by atoms with Crippen molar-refractivity contribution in [2.24, 2.45) is 0 Å². The Morgan fingerprint density at radius 2 is 1.70 bits per heavy atom. The minimum Gasteiger partial charge on any atom is -0.336 e. The van der Waals surface area contributed by atoms with Crippen LogP contribution in [0.15, 0.2) is 53.7 Å². The highest BCUT2D eigenvalue weighted by Crippen LogP contribution is 2.31. The van der Waals surface area contributed by atoms with E-state index in [4.69, 9.17) is 0 Å². The third-order valence-corrected chi connectivity index (χ3v) is 5.93. The Morgan fingerprint density at radius 3 is 2.30 bits per heavy atom. The molecule has 0 saturated heterocycles. The number of hydrogen-bond acceptors (Lipinski definition) is 5. The van der Waals surface area contributed by atoms with Crippen molar-refractivity contribution in [3.63, 3.8) is 0 Å². The van der Waals surface area contributed by atoms with Crippen molar-refractivity contribution < 1.29 is 9.59 Å². The molecular formula is C25H31N5O2S. The molecule has 8 heteroatoms. The van der Waals surface area contributed by atoms with E-state index in [2.05, 4.69) is 65.9 Å². The fourth-order valence-electron chi connectivity index (χ4n) is 3.29. The largest absolute Gasteiger partial charge is 0.336 e. The first-order valence-corrected chi connectivity index (χ1v) is 11.9. The van der Waals surface area contributed by atoms with Gasteiger partial charge in [-0.1, -0.05) is 75.0 Å². The number of carbonyl (C=O) groups is 2. The first kappa shape index (κ1) is 24.5. The average Bonchev–Trinajstić information content (AvgIpc) is 3.15. The Hall–Kier alpha value is -3.13. The molecule has 3 aromatic rings. The van der Waals surface area contributed by atoms with Crippen molar-refractivity contribution in [1.29, 1.82) is 0 Å². The fraction of sp³-hybridized carbons (Fsp3) is 0.360. The number of rotatable bonds is 6.